The minimum Gasteiger partial charge on any atom is -0.303 e. The van der Waals surface area contributed by atoms with Crippen LogP contribution in [0.15, 0.2) is 0 Å². The molecule has 0 amide bonds. The van der Waals surface area contributed by atoms with Crippen LogP contribution < -0.4 is 0 Å². The highest BCUT2D eigenvalue weighted by molar-refractivity contribution is 4.95. The van der Waals surface area contributed by atoms with Gasteiger partial charge in [-0.05, 0) is 62.6 Å². The van der Waals surface area contributed by atoms with Gasteiger partial charge in [-0.1, -0.05) is 33.6 Å². The van der Waals surface area contributed by atoms with E-state index in [0.29, 0.717) is 5.41 Å². The molecule has 1 aliphatic carbocycles. The number of rotatable bonds is 4. The third-order valence-electron chi connectivity index (χ3n) is 5.41. The van der Waals surface area contributed by atoms with E-state index < -0.39 is 0 Å². The van der Waals surface area contributed by atoms with Gasteiger partial charge in [0.15, 0.2) is 0 Å². The van der Waals surface area contributed by atoms with E-state index in [1.54, 1.807) is 0 Å². The van der Waals surface area contributed by atoms with Gasteiger partial charge in [0.05, 0.1) is 0 Å². The Morgan fingerprint density at radius 2 is 1.75 bits per heavy atom. The molecule has 0 N–H and O–H groups in total. The van der Waals surface area contributed by atoms with E-state index in [9.17, 15) is 0 Å². The molecule has 0 spiro atoms. The van der Waals surface area contributed by atoms with E-state index in [0.717, 1.165) is 11.8 Å². The molecule has 1 heteroatoms. The molecular formula is C15H29N. The average Bonchev–Trinajstić information content (AvgIpc) is 2.29. The summed E-state index contributed by atoms with van der Waals surface area (Å²) < 4.78 is 0. The molecule has 2 rings (SSSR count). The minimum atomic E-state index is 0.630. The molecule has 94 valence electrons. The van der Waals surface area contributed by atoms with Crippen molar-refractivity contribution in [1.29, 1.82) is 0 Å². The Morgan fingerprint density at radius 1 is 1.06 bits per heavy atom. The van der Waals surface area contributed by atoms with Gasteiger partial charge in [0, 0.05) is 0 Å². The highest BCUT2D eigenvalue weighted by atomic mass is 15.1. The zero-order chi connectivity index (χ0) is 11.6. The molecule has 2 aliphatic rings. The first-order valence-corrected chi connectivity index (χ1v) is 7.37. The maximum atomic E-state index is 2.69. The van der Waals surface area contributed by atoms with Crippen molar-refractivity contribution in [2.75, 3.05) is 19.6 Å². The third-order valence-corrected chi connectivity index (χ3v) is 5.41. The second-order valence-corrected chi connectivity index (χ2v) is 6.55. The van der Waals surface area contributed by atoms with Crippen LogP contribution in [0.2, 0.25) is 0 Å². The molecule has 1 aliphatic heterocycles. The Morgan fingerprint density at radius 3 is 2.31 bits per heavy atom. The van der Waals surface area contributed by atoms with E-state index in [4.69, 9.17) is 0 Å². The minimum absolute atomic E-state index is 0.630. The highest BCUT2D eigenvalue weighted by Gasteiger charge is 2.46. The molecule has 1 saturated carbocycles. The summed E-state index contributed by atoms with van der Waals surface area (Å²) in [5.74, 6) is 2.00. The Hall–Kier alpha value is -0.0400. The van der Waals surface area contributed by atoms with E-state index in [2.05, 4.69) is 25.7 Å². The predicted molar refractivity (Wildman–Crippen MR) is 70.6 cm³/mol. The fourth-order valence-electron chi connectivity index (χ4n) is 3.83. The molecule has 2 unspecified atom stereocenters. The molecular weight excluding hydrogens is 194 g/mol. The van der Waals surface area contributed by atoms with Crippen molar-refractivity contribution in [3.8, 4) is 0 Å². The topological polar surface area (TPSA) is 3.24 Å². The molecule has 1 saturated heterocycles. The van der Waals surface area contributed by atoms with Crippen molar-refractivity contribution in [2.24, 2.45) is 17.3 Å². The Labute approximate surface area is 102 Å². The van der Waals surface area contributed by atoms with Gasteiger partial charge in [-0.3, -0.25) is 0 Å². The van der Waals surface area contributed by atoms with Crippen LogP contribution in [0.4, 0.5) is 0 Å². The van der Waals surface area contributed by atoms with Crippen LogP contribution in [0.3, 0.4) is 0 Å². The standard InChI is InChI=1S/C15H29N/c1-4-13-12-14(15(13,2)3)8-11-16-9-6-5-7-10-16/h13-14H,4-12H2,1-3H3. The summed E-state index contributed by atoms with van der Waals surface area (Å²) in [6, 6.07) is 0. The van der Waals surface area contributed by atoms with E-state index >= 15 is 0 Å². The van der Waals surface area contributed by atoms with Gasteiger partial charge in [0.25, 0.3) is 0 Å². The molecule has 2 fully saturated rings. The summed E-state index contributed by atoms with van der Waals surface area (Å²) in [6.45, 7) is 11.4. The van der Waals surface area contributed by atoms with Crippen LogP contribution in [0.25, 0.3) is 0 Å². The van der Waals surface area contributed by atoms with Crippen molar-refractivity contribution in [3.63, 3.8) is 0 Å². The zero-order valence-electron chi connectivity index (χ0n) is 11.5. The summed E-state index contributed by atoms with van der Waals surface area (Å²) in [5, 5.41) is 0. The van der Waals surface area contributed by atoms with Crippen molar-refractivity contribution < 1.29 is 0 Å². The smallest absolute Gasteiger partial charge is 0.00159 e. The Balaban J connectivity index is 1.71. The van der Waals surface area contributed by atoms with Crippen LogP contribution in [0.1, 0.15) is 59.3 Å². The summed E-state index contributed by atoms with van der Waals surface area (Å²) in [5.41, 5.74) is 0.630. The summed E-state index contributed by atoms with van der Waals surface area (Å²) in [6.07, 6.45) is 8.66. The van der Waals surface area contributed by atoms with Gasteiger partial charge in [0.1, 0.15) is 0 Å². The van der Waals surface area contributed by atoms with Gasteiger partial charge >= 0.3 is 0 Å². The van der Waals surface area contributed by atoms with Crippen LogP contribution >= 0.6 is 0 Å². The fourth-order valence-corrected chi connectivity index (χ4v) is 3.83. The van der Waals surface area contributed by atoms with Crippen LogP contribution in [0, 0.1) is 17.3 Å². The number of nitrogens with zero attached hydrogens (tertiary/aromatic N) is 1. The maximum Gasteiger partial charge on any atom is -0.00159 e. The zero-order valence-corrected chi connectivity index (χ0v) is 11.5. The molecule has 2 atom stereocenters. The lowest BCUT2D eigenvalue weighted by Crippen LogP contribution is -2.46. The van der Waals surface area contributed by atoms with E-state index in [-0.39, 0.29) is 0 Å². The van der Waals surface area contributed by atoms with E-state index in [1.165, 1.54) is 58.2 Å². The first-order chi connectivity index (χ1) is 7.64. The molecule has 1 nitrogen and oxygen atoms in total. The summed E-state index contributed by atoms with van der Waals surface area (Å²) in [4.78, 5) is 2.69. The molecule has 0 bridgehead atoms. The van der Waals surface area contributed by atoms with Gasteiger partial charge < -0.3 is 4.90 Å². The molecule has 0 aromatic rings. The largest absolute Gasteiger partial charge is 0.303 e. The monoisotopic (exact) mass is 223 g/mol. The first kappa shape index (κ1) is 12.4. The van der Waals surface area contributed by atoms with Crippen LogP contribution in [-0.2, 0) is 0 Å². The Bertz CT molecular complexity index is 215. The molecule has 16 heavy (non-hydrogen) atoms. The lowest BCUT2D eigenvalue weighted by Gasteiger charge is -2.53. The van der Waals surface area contributed by atoms with Crippen molar-refractivity contribution in [2.45, 2.75) is 59.3 Å². The van der Waals surface area contributed by atoms with Gasteiger partial charge in [-0.2, -0.15) is 0 Å². The normalized spacial score (nSPS) is 34.7. The second-order valence-electron chi connectivity index (χ2n) is 6.55. The summed E-state index contributed by atoms with van der Waals surface area (Å²) in [7, 11) is 0. The van der Waals surface area contributed by atoms with E-state index in [1.807, 2.05) is 0 Å². The summed E-state index contributed by atoms with van der Waals surface area (Å²) >= 11 is 0. The quantitative estimate of drug-likeness (QED) is 0.698. The second kappa shape index (κ2) is 5.08. The number of hydrogen-bond donors (Lipinski definition) is 0. The van der Waals surface area contributed by atoms with Crippen LogP contribution in [0.5, 0.6) is 0 Å². The van der Waals surface area contributed by atoms with Gasteiger partial charge in [-0.15, -0.1) is 0 Å². The third kappa shape index (κ3) is 2.45. The lowest BCUT2D eigenvalue weighted by molar-refractivity contribution is -0.0327. The maximum absolute atomic E-state index is 2.69. The molecule has 0 aromatic heterocycles. The molecule has 0 aromatic carbocycles. The fraction of sp³-hybridized carbons (Fsp3) is 1.00. The lowest BCUT2D eigenvalue weighted by atomic mass is 9.53. The molecule has 1 heterocycles. The predicted octanol–water partition coefficient (Wildman–Crippen LogP) is 3.93. The van der Waals surface area contributed by atoms with Gasteiger partial charge in [-0.25, -0.2) is 0 Å². The van der Waals surface area contributed by atoms with Crippen LogP contribution in [-0.4, -0.2) is 24.5 Å². The van der Waals surface area contributed by atoms with Crippen molar-refractivity contribution in [1.82, 2.24) is 4.90 Å². The number of likely N-dealkylation sites (tertiary alicyclic amines) is 1. The number of hydrogen-bond acceptors (Lipinski definition) is 1. The highest BCUT2D eigenvalue weighted by Crippen LogP contribution is 2.54. The van der Waals surface area contributed by atoms with Crippen molar-refractivity contribution in [3.05, 3.63) is 0 Å². The van der Waals surface area contributed by atoms with Crippen molar-refractivity contribution >= 4 is 0 Å². The molecule has 0 radical (unpaired) electrons. The Kier molecular flexibility index (Phi) is 3.94. The average molecular weight is 223 g/mol. The SMILES string of the molecule is CCC1CC(CCN2CCCCC2)C1(C)C. The van der Waals surface area contributed by atoms with Gasteiger partial charge in [0.2, 0.25) is 0 Å². The number of piperidine rings is 1. The first-order valence-electron chi connectivity index (χ1n) is 7.37.